The summed E-state index contributed by atoms with van der Waals surface area (Å²) in [7, 11) is 0. The Morgan fingerprint density at radius 3 is 2.89 bits per heavy atom. The molecule has 1 saturated carbocycles. The van der Waals surface area contributed by atoms with Crippen LogP contribution in [0.2, 0.25) is 0 Å². The highest BCUT2D eigenvalue weighted by atomic mass is 32.1. The standard InChI is InChI=1S/C14H18N4S/c1-2-14(6-4-7-14)10-18-12(16-17-13(18)19)11-5-3-8-15-9-11/h3,5,8-9H,2,4,6-7,10H2,1H3,(H,17,19). The number of hydrogen-bond acceptors (Lipinski definition) is 3. The van der Waals surface area contributed by atoms with Crippen molar-refractivity contribution in [3.05, 3.63) is 29.3 Å². The first kappa shape index (κ1) is 12.5. The van der Waals surface area contributed by atoms with E-state index in [9.17, 15) is 0 Å². The minimum Gasteiger partial charge on any atom is -0.300 e. The number of hydrogen-bond donors (Lipinski definition) is 1. The van der Waals surface area contributed by atoms with Crippen molar-refractivity contribution >= 4 is 12.2 Å². The molecule has 0 atom stereocenters. The van der Waals surface area contributed by atoms with Crippen molar-refractivity contribution in [2.75, 3.05) is 0 Å². The molecule has 5 heteroatoms. The van der Waals surface area contributed by atoms with Crippen LogP contribution in [0.3, 0.4) is 0 Å². The molecule has 0 amide bonds. The highest BCUT2D eigenvalue weighted by Crippen LogP contribution is 2.45. The third-order valence-corrected chi connectivity index (χ3v) is 4.65. The molecule has 0 unspecified atom stereocenters. The predicted molar refractivity (Wildman–Crippen MR) is 77.2 cm³/mol. The zero-order valence-electron chi connectivity index (χ0n) is 11.1. The van der Waals surface area contributed by atoms with Crippen molar-refractivity contribution in [2.24, 2.45) is 5.41 Å². The van der Waals surface area contributed by atoms with Gasteiger partial charge in [0.05, 0.1) is 0 Å². The van der Waals surface area contributed by atoms with Crippen LogP contribution in [0.1, 0.15) is 32.6 Å². The van der Waals surface area contributed by atoms with E-state index in [-0.39, 0.29) is 0 Å². The molecule has 1 N–H and O–H groups in total. The zero-order chi connectivity index (χ0) is 13.3. The van der Waals surface area contributed by atoms with Gasteiger partial charge >= 0.3 is 0 Å². The van der Waals surface area contributed by atoms with Gasteiger partial charge in [0.2, 0.25) is 0 Å². The molecule has 2 heterocycles. The van der Waals surface area contributed by atoms with Crippen LogP contribution >= 0.6 is 12.2 Å². The first-order valence-corrected chi connectivity index (χ1v) is 7.20. The van der Waals surface area contributed by atoms with E-state index < -0.39 is 0 Å². The van der Waals surface area contributed by atoms with Gasteiger partial charge in [-0.15, -0.1) is 0 Å². The average Bonchev–Trinajstić information content (AvgIpc) is 2.76. The minimum atomic E-state index is 0.416. The summed E-state index contributed by atoms with van der Waals surface area (Å²) in [5.74, 6) is 0.901. The van der Waals surface area contributed by atoms with Crippen molar-refractivity contribution in [1.82, 2.24) is 19.7 Å². The Balaban J connectivity index is 1.98. The minimum absolute atomic E-state index is 0.416. The van der Waals surface area contributed by atoms with Crippen LogP contribution < -0.4 is 0 Å². The van der Waals surface area contributed by atoms with Crippen LogP contribution in [-0.2, 0) is 6.54 Å². The maximum absolute atomic E-state index is 5.39. The fraction of sp³-hybridized carbons (Fsp3) is 0.500. The van der Waals surface area contributed by atoms with Gasteiger partial charge in [-0.2, -0.15) is 5.10 Å². The van der Waals surface area contributed by atoms with Crippen LogP contribution in [0.15, 0.2) is 24.5 Å². The molecule has 0 bridgehead atoms. The number of H-pyrrole nitrogens is 1. The van der Waals surface area contributed by atoms with E-state index in [1.807, 2.05) is 18.3 Å². The van der Waals surface area contributed by atoms with Gasteiger partial charge in [0.15, 0.2) is 10.6 Å². The van der Waals surface area contributed by atoms with Gasteiger partial charge in [0, 0.05) is 24.5 Å². The number of aromatic nitrogens is 4. The van der Waals surface area contributed by atoms with Crippen LogP contribution in [0.25, 0.3) is 11.4 Å². The molecule has 100 valence electrons. The van der Waals surface area contributed by atoms with Crippen molar-refractivity contribution < 1.29 is 0 Å². The Bertz CT molecular complexity index is 604. The fourth-order valence-corrected chi connectivity index (χ4v) is 3.01. The lowest BCUT2D eigenvalue weighted by Gasteiger charge is -2.41. The summed E-state index contributed by atoms with van der Waals surface area (Å²) < 4.78 is 2.84. The van der Waals surface area contributed by atoms with Gasteiger partial charge in [-0.25, -0.2) is 0 Å². The Labute approximate surface area is 117 Å². The van der Waals surface area contributed by atoms with Gasteiger partial charge < -0.3 is 0 Å². The molecule has 1 fully saturated rings. The van der Waals surface area contributed by atoms with Gasteiger partial charge in [0.1, 0.15) is 0 Å². The third kappa shape index (κ3) is 2.23. The normalized spacial score (nSPS) is 17.1. The highest BCUT2D eigenvalue weighted by Gasteiger charge is 2.36. The molecule has 2 aromatic rings. The number of pyridine rings is 1. The Kier molecular flexibility index (Phi) is 3.22. The molecule has 2 aromatic heterocycles. The van der Waals surface area contributed by atoms with Gasteiger partial charge in [-0.1, -0.05) is 13.3 Å². The van der Waals surface area contributed by atoms with E-state index in [0.717, 1.165) is 17.9 Å². The highest BCUT2D eigenvalue weighted by molar-refractivity contribution is 7.71. The summed E-state index contributed by atoms with van der Waals surface area (Å²) in [6, 6.07) is 3.95. The summed E-state index contributed by atoms with van der Waals surface area (Å²) in [5, 5.41) is 7.29. The van der Waals surface area contributed by atoms with Gasteiger partial charge in [-0.3, -0.25) is 14.6 Å². The van der Waals surface area contributed by atoms with Gasteiger partial charge in [0.25, 0.3) is 0 Å². The SMILES string of the molecule is CCC1(Cn2c(-c3cccnc3)n[nH]c2=S)CCC1. The molecule has 0 saturated heterocycles. The second-order valence-corrected chi connectivity index (χ2v) is 5.77. The first-order valence-electron chi connectivity index (χ1n) is 6.80. The van der Waals surface area contributed by atoms with E-state index in [0.29, 0.717) is 10.2 Å². The first-order chi connectivity index (χ1) is 9.24. The van der Waals surface area contributed by atoms with Crippen LogP contribution in [0.4, 0.5) is 0 Å². The predicted octanol–water partition coefficient (Wildman–Crippen LogP) is 3.58. The molecular weight excluding hydrogens is 256 g/mol. The van der Waals surface area contributed by atoms with Crippen LogP contribution in [0, 0.1) is 10.2 Å². The Morgan fingerprint density at radius 2 is 2.32 bits per heavy atom. The number of nitrogens with one attached hydrogen (secondary N) is 1. The van der Waals surface area contributed by atoms with Crippen LogP contribution in [-0.4, -0.2) is 19.7 Å². The summed E-state index contributed by atoms with van der Waals surface area (Å²) in [5.41, 5.74) is 1.43. The molecule has 0 radical (unpaired) electrons. The van der Waals surface area contributed by atoms with E-state index in [2.05, 4.69) is 26.7 Å². The summed E-state index contributed by atoms with van der Waals surface area (Å²) in [6.45, 7) is 3.23. The van der Waals surface area contributed by atoms with Crippen molar-refractivity contribution in [3.8, 4) is 11.4 Å². The molecular formula is C14H18N4S. The van der Waals surface area contributed by atoms with E-state index >= 15 is 0 Å². The Morgan fingerprint density at radius 1 is 1.47 bits per heavy atom. The smallest absolute Gasteiger partial charge is 0.195 e. The third-order valence-electron chi connectivity index (χ3n) is 4.34. The average molecular weight is 274 g/mol. The largest absolute Gasteiger partial charge is 0.300 e. The molecule has 0 spiro atoms. The zero-order valence-corrected chi connectivity index (χ0v) is 11.9. The molecule has 0 aromatic carbocycles. The quantitative estimate of drug-likeness (QED) is 0.867. The number of aromatic amines is 1. The molecule has 0 aliphatic heterocycles. The van der Waals surface area contributed by atoms with E-state index in [1.165, 1.54) is 25.7 Å². The number of rotatable bonds is 4. The van der Waals surface area contributed by atoms with Crippen LogP contribution in [0.5, 0.6) is 0 Å². The second-order valence-electron chi connectivity index (χ2n) is 5.39. The molecule has 1 aliphatic rings. The molecule has 19 heavy (non-hydrogen) atoms. The van der Waals surface area contributed by atoms with Crippen molar-refractivity contribution in [3.63, 3.8) is 0 Å². The lowest BCUT2D eigenvalue weighted by molar-refractivity contribution is 0.100. The molecule has 1 aliphatic carbocycles. The fourth-order valence-electron chi connectivity index (χ4n) is 2.82. The topological polar surface area (TPSA) is 46.5 Å². The van der Waals surface area contributed by atoms with E-state index in [4.69, 9.17) is 12.2 Å². The number of nitrogens with zero attached hydrogens (tertiary/aromatic N) is 3. The monoisotopic (exact) mass is 274 g/mol. The molecule has 3 rings (SSSR count). The maximum atomic E-state index is 5.39. The summed E-state index contributed by atoms with van der Waals surface area (Å²) >= 11 is 5.39. The Hall–Kier alpha value is -1.49. The lowest BCUT2D eigenvalue weighted by atomic mass is 9.67. The maximum Gasteiger partial charge on any atom is 0.195 e. The summed E-state index contributed by atoms with van der Waals surface area (Å²) in [6.07, 6.45) is 8.73. The van der Waals surface area contributed by atoms with Gasteiger partial charge in [-0.05, 0) is 49.0 Å². The molecule has 4 nitrogen and oxygen atoms in total. The van der Waals surface area contributed by atoms with Crippen molar-refractivity contribution in [2.45, 2.75) is 39.2 Å². The summed E-state index contributed by atoms with van der Waals surface area (Å²) in [4.78, 5) is 4.16. The van der Waals surface area contributed by atoms with Crippen molar-refractivity contribution in [1.29, 1.82) is 0 Å². The van der Waals surface area contributed by atoms with E-state index in [1.54, 1.807) is 6.20 Å². The second kappa shape index (κ2) is 4.89. The lowest BCUT2D eigenvalue weighted by Crippen LogP contribution is -2.33.